The van der Waals surface area contributed by atoms with Gasteiger partial charge in [0.1, 0.15) is 12.6 Å². The van der Waals surface area contributed by atoms with Crippen molar-refractivity contribution in [3.63, 3.8) is 0 Å². The second kappa shape index (κ2) is 12.6. The Balaban J connectivity index is 1.65. The highest BCUT2D eigenvalue weighted by Gasteiger charge is 2.41. The molecule has 0 bridgehead atoms. The van der Waals surface area contributed by atoms with E-state index in [1.807, 2.05) is 76.2 Å². The number of fused-ring (bicyclic) bond motifs is 1. The first-order chi connectivity index (χ1) is 21.5. The van der Waals surface area contributed by atoms with Crippen molar-refractivity contribution in [1.29, 1.82) is 0 Å². The van der Waals surface area contributed by atoms with E-state index in [0.717, 1.165) is 21.6 Å². The lowest BCUT2D eigenvalue weighted by Gasteiger charge is -2.33. The summed E-state index contributed by atoms with van der Waals surface area (Å²) in [5.41, 5.74) is 9.34. The molecule has 5 amide bonds. The van der Waals surface area contributed by atoms with Gasteiger partial charge in [-0.15, -0.1) is 5.10 Å². The average Bonchev–Trinajstić information content (AvgIpc) is 3.49. The van der Waals surface area contributed by atoms with Crippen LogP contribution in [0.5, 0.6) is 0 Å². The molecular weight excluding hydrogens is 574 g/mol. The van der Waals surface area contributed by atoms with E-state index < -0.39 is 23.5 Å². The predicted octanol–water partition coefficient (Wildman–Crippen LogP) is 3.54. The van der Waals surface area contributed by atoms with Crippen molar-refractivity contribution in [2.45, 2.75) is 51.6 Å². The number of rotatable bonds is 8. The molecular formula is C32H35N9O4. The average molecular weight is 610 g/mol. The number of nitrogens with two attached hydrogens (primary N) is 1. The van der Waals surface area contributed by atoms with Crippen molar-refractivity contribution >= 4 is 47.3 Å². The summed E-state index contributed by atoms with van der Waals surface area (Å²) in [5.74, 6) is -1.17. The lowest BCUT2D eigenvalue weighted by Crippen LogP contribution is -2.55. The van der Waals surface area contributed by atoms with Gasteiger partial charge in [0.2, 0.25) is 12.3 Å². The summed E-state index contributed by atoms with van der Waals surface area (Å²) in [7, 11) is 0. The largest absolute Gasteiger partial charge is 0.351 e. The smallest absolute Gasteiger partial charge is 0.320 e. The SMILES string of the molecule is Cc1ccc2c(c1)N(CC(=O)NC(C)(C)C)C(=O)C(N(C(N)=O)c1cccc(N(C=O)c3nn[nH]n3)c1)CC2c1ccccc1. The summed E-state index contributed by atoms with van der Waals surface area (Å²) in [6, 6.07) is 19.9. The molecule has 2 unspecified atom stereocenters. The standard InChI is InChI=1S/C32H35N9O4/c1-20-13-14-24-25(21-9-6-5-7-10-21)17-27(29(44)39(26(24)15-20)18-28(43)34-32(2,3)4)41(30(33)45)23-12-8-11-22(16-23)40(19-42)31-35-37-38-36-31/h5-16,19,25,27H,17-18H2,1-4H3,(H2,33,45)(H,34,43)(H,35,36,37,38). The topological polar surface area (TPSA) is 171 Å². The number of hydrogen-bond acceptors (Lipinski definition) is 7. The van der Waals surface area contributed by atoms with Crippen LogP contribution in [-0.2, 0) is 14.4 Å². The van der Waals surface area contributed by atoms with E-state index >= 15 is 0 Å². The fraction of sp³-hybridized carbons (Fsp3) is 0.281. The number of anilines is 4. The van der Waals surface area contributed by atoms with Crippen LogP contribution < -0.4 is 25.8 Å². The fourth-order valence-corrected chi connectivity index (χ4v) is 5.65. The van der Waals surface area contributed by atoms with Gasteiger partial charge in [-0.25, -0.2) is 9.69 Å². The number of carbonyl (C=O) groups is 4. The number of carbonyl (C=O) groups excluding carboxylic acids is 4. The summed E-state index contributed by atoms with van der Waals surface area (Å²) >= 11 is 0. The molecule has 2 heterocycles. The third kappa shape index (κ3) is 6.66. The summed E-state index contributed by atoms with van der Waals surface area (Å²) in [4.78, 5) is 57.1. The molecule has 1 aliphatic rings. The number of nitrogens with zero attached hydrogens (tertiary/aromatic N) is 6. The minimum absolute atomic E-state index is 0.00989. The molecule has 4 N–H and O–H groups in total. The molecule has 45 heavy (non-hydrogen) atoms. The first kappa shape index (κ1) is 30.9. The quantitative estimate of drug-likeness (QED) is 0.257. The molecule has 1 aromatic heterocycles. The lowest BCUT2D eigenvalue weighted by atomic mass is 9.85. The summed E-state index contributed by atoms with van der Waals surface area (Å²) < 4.78 is 0. The van der Waals surface area contributed by atoms with Crippen molar-refractivity contribution in [1.82, 2.24) is 25.9 Å². The summed E-state index contributed by atoms with van der Waals surface area (Å²) in [6.45, 7) is 7.23. The zero-order valence-electron chi connectivity index (χ0n) is 25.5. The van der Waals surface area contributed by atoms with Gasteiger partial charge in [-0.2, -0.15) is 5.21 Å². The van der Waals surface area contributed by atoms with Crippen molar-refractivity contribution in [3.05, 3.63) is 89.5 Å². The Kier molecular flexibility index (Phi) is 8.61. The van der Waals surface area contributed by atoms with Gasteiger partial charge < -0.3 is 16.0 Å². The van der Waals surface area contributed by atoms with E-state index in [1.165, 1.54) is 9.80 Å². The monoisotopic (exact) mass is 609 g/mol. The molecule has 0 aliphatic carbocycles. The van der Waals surface area contributed by atoms with E-state index in [-0.39, 0.29) is 36.4 Å². The number of aromatic amines is 1. The predicted molar refractivity (Wildman–Crippen MR) is 169 cm³/mol. The highest BCUT2D eigenvalue weighted by atomic mass is 16.2. The second-order valence-corrected chi connectivity index (χ2v) is 11.9. The molecule has 1 aliphatic heterocycles. The molecule has 4 aromatic rings. The Morgan fingerprint density at radius 2 is 1.80 bits per heavy atom. The number of benzene rings is 3. The molecule has 3 aromatic carbocycles. The van der Waals surface area contributed by atoms with Gasteiger partial charge in [-0.05, 0) is 80.3 Å². The maximum absolute atomic E-state index is 14.7. The van der Waals surface area contributed by atoms with Gasteiger partial charge in [0.15, 0.2) is 0 Å². The highest BCUT2D eigenvalue weighted by molar-refractivity contribution is 6.08. The van der Waals surface area contributed by atoms with Crippen LogP contribution in [-0.4, -0.2) is 63.0 Å². The minimum Gasteiger partial charge on any atom is -0.351 e. The normalized spacial score (nSPS) is 16.4. The molecule has 0 radical (unpaired) electrons. The van der Waals surface area contributed by atoms with E-state index in [4.69, 9.17) is 5.73 Å². The molecule has 2 atom stereocenters. The fourth-order valence-electron chi connectivity index (χ4n) is 5.65. The van der Waals surface area contributed by atoms with Crippen LogP contribution in [0.15, 0.2) is 72.8 Å². The second-order valence-electron chi connectivity index (χ2n) is 11.9. The number of tetrazole rings is 1. The number of nitrogens with one attached hydrogen (secondary N) is 2. The Labute approximate surface area is 260 Å². The lowest BCUT2D eigenvalue weighted by molar-refractivity contribution is -0.125. The number of hydrogen-bond donors (Lipinski definition) is 3. The van der Waals surface area contributed by atoms with Gasteiger partial charge in [0, 0.05) is 22.8 Å². The zero-order valence-corrected chi connectivity index (χ0v) is 25.5. The van der Waals surface area contributed by atoms with Crippen molar-refractivity contribution < 1.29 is 19.2 Å². The van der Waals surface area contributed by atoms with Gasteiger partial charge in [0.05, 0.1) is 5.69 Å². The third-order valence-electron chi connectivity index (χ3n) is 7.47. The first-order valence-corrected chi connectivity index (χ1v) is 14.4. The van der Waals surface area contributed by atoms with Crippen LogP contribution in [0, 0.1) is 6.92 Å². The Morgan fingerprint density at radius 3 is 2.44 bits per heavy atom. The Bertz CT molecular complexity index is 1700. The van der Waals surface area contributed by atoms with Gasteiger partial charge in [-0.1, -0.05) is 53.6 Å². The van der Waals surface area contributed by atoms with E-state index in [1.54, 1.807) is 24.3 Å². The van der Waals surface area contributed by atoms with E-state index in [0.29, 0.717) is 17.8 Å². The Morgan fingerprint density at radius 1 is 1.07 bits per heavy atom. The van der Waals surface area contributed by atoms with Crippen LogP contribution in [0.3, 0.4) is 0 Å². The summed E-state index contributed by atoms with van der Waals surface area (Å²) in [5, 5.41) is 16.5. The molecule has 0 saturated heterocycles. The molecule has 0 spiro atoms. The Hall–Kier alpha value is -5.59. The zero-order chi connectivity index (χ0) is 32.3. The summed E-state index contributed by atoms with van der Waals surface area (Å²) in [6.07, 6.45) is 0.682. The molecule has 0 fully saturated rings. The van der Waals surface area contributed by atoms with Crippen LogP contribution in [0.1, 0.15) is 49.8 Å². The highest BCUT2D eigenvalue weighted by Crippen LogP contribution is 2.42. The maximum Gasteiger partial charge on any atom is 0.320 e. The van der Waals surface area contributed by atoms with E-state index in [2.05, 4.69) is 25.9 Å². The van der Waals surface area contributed by atoms with Crippen LogP contribution >= 0.6 is 0 Å². The minimum atomic E-state index is -1.12. The van der Waals surface area contributed by atoms with Crippen LogP contribution in [0.25, 0.3) is 0 Å². The molecule has 0 saturated carbocycles. The number of amides is 5. The number of primary amides is 1. The van der Waals surface area contributed by atoms with Crippen molar-refractivity contribution in [3.8, 4) is 0 Å². The van der Waals surface area contributed by atoms with Crippen LogP contribution in [0.2, 0.25) is 0 Å². The van der Waals surface area contributed by atoms with Gasteiger partial charge in [-0.3, -0.25) is 19.3 Å². The van der Waals surface area contributed by atoms with Crippen molar-refractivity contribution in [2.24, 2.45) is 5.73 Å². The molecule has 13 heteroatoms. The molecule has 5 rings (SSSR count). The number of H-pyrrole nitrogens is 1. The molecule has 13 nitrogen and oxygen atoms in total. The third-order valence-corrected chi connectivity index (χ3v) is 7.47. The van der Waals surface area contributed by atoms with E-state index in [9.17, 15) is 19.2 Å². The van der Waals surface area contributed by atoms with Gasteiger partial charge >= 0.3 is 6.03 Å². The first-order valence-electron chi connectivity index (χ1n) is 14.4. The maximum atomic E-state index is 14.7. The molecule has 232 valence electrons. The number of aromatic nitrogens is 4. The van der Waals surface area contributed by atoms with Gasteiger partial charge in [0.25, 0.3) is 11.9 Å². The number of aryl methyl sites for hydroxylation is 1. The van der Waals surface area contributed by atoms with Crippen LogP contribution in [0.4, 0.5) is 27.8 Å². The number of urea groups is 1. The van der Waals surface area contributed by atoms with Crippen molar-refractivity contribution in [2.75, 3.05) is 21.2 Å².